The van der Waals surface area contributed by atoms with Crippen molar-refractivity contribution in [2.45, 2.75) is 13.0 Å². The molecule has 0 heterocycles. The number of hydrazine groups is 1. The number of amides is 2. The molecule has 0 aliphatic rings. The number of hydrogen-bond acceptors (Lipinski definition) is 3. The number of benzene rings is 2. The molecule has 2 aromatic carbocycles. The Labute approximate surface area is 159 Å². The van der Waals surface area contributed by atoms with E-state index >= 15 is 0 Å². The highest BCUT2D eigenvalue weighted by Crippen LogP contribution is 2.23. The van der Waals surface area contributed by atoms with Gasteiger partial charge in [-0.1, -0.05) is 41.4 Å². The van der Waals surface area contributed by atoms with Gasteiger partial charge in [0.15, 0.2) is 17.7 Å². The third-order valence-electron chi connectivity index (χ3n) is 3.19. The zero-order valence-electron chi connectivity index (χ0n) is 13.6. The van der Waals surface area contributed by atoms with E-state index in [-0.39, 0.29) is 5.75 Å². The van der Waals surface area contributed by atoms with E-state index in [0.717, 1.165) is 0 Å². The predicted octanol–water partition coefficient (Wildman–Crippen LogP) is 3.76. The van der Waals surface area contributed by atoms with Gasteiger partial charge in [-0.05, 0) is 42.8 Å². The highest BCUT2D eigenvalue weighted by Gasteiger charge is 2.16. The molecule has 0 saturated carbocycles. The lowest BCUT2D eigenvalue weighted by Gasteiger charge is -2.15. The summed E-state index contributed by atoms with van der Waals surface area (Å²) in [6, 6.07) is 10.6. The molecule has 2 rings (SSSR count). The Kier molecular flexibility index (Phi) is 7.00. The van der Waals surface area contributed by atoms with Crippen molar-refractivity contribution >= 4 is 41.1 Å². The Hall–Kier alpha value is -2.57. The number of halogens is 3. The second kappa shape index (κ2) is 9.22. The van der Waals surface area contributed by atoms with Gasteiger partial charge in [-0.25, -0.2) is 4.39 Å². The molecule has 0 bridgehead atoms. The fourth-order valence-corrected chi connectivity index (χ4v) is 2.15. The molecule has 0 aliphatic carbocycles. The molecule has 0 saturated heterocycles. The maximum Gasteiger partial charge on any atom is 0.279 e. The average molecular weight is 397 g/mol. The number of carbonyl (C=O) groups excluding carboxylic acids is 2. The Bertz CT molecular complexity index is 843. The SMILES string of the molecule is C[C@H](Oc1ccccc1F)C(=O)NNC(=O)/C=C/c1ccc(Cl)c(Cl)c1. The Morgan fingerprint density at radius 2 is 1.85 bits per heavy atom. The van der Waals surface area contributed by atoms with Crippen LogP contribution in [0.3, 0.4) is 0 Å². The van der Waals surface area contributed by atoms with Crippen molar-refractivity contribution in [1.82, 2.24) is 10.9 Å². The molecule has 2 N–H and O–H groups in total. The number of rotatable bonds is 5. The first-order valence-electron chi connectivity index (χ1n) is 7.51. The first-order valence-corrected chi connectivity index (χ1v) is 8.26. The first-order chi connectivity index (χ1) is 12.4. The van der Waals surface area contributed by atoms with Crippen LogP contribution in [-0.4, -0.2) is 17.9 Å². The molecule has 2 amide bonds. The van der Waals surface area contributed by atoms with Gasteiger partial charge in [-0.15, -0.1) is 0 Å². The van der Waals surface area contributed by atoms with Gasteiger partial charge in [0.05, 0.1) is 10.0 Å². The quantitative estimate of drug-likeness (QED) is 0.597. The zero-order valence-corrected chi connectivity index (χ0v) is 15.1. The van der Waals surface area contributed by atoms with E-state index in [1.807, 2.05) is 0 Å². The van der Waals surface area contributed by atoms with Gasteiger partial charge >= 0.3 is 0 Å². The molecule has 0 aromatic heterocycles. The average Bonchev–Trinajstić information content (AvgIpc) is 2.62. The summed E-state index contributed by atoms with van der Waals surface area (Å²) in [5.41, 5.74) is 5.06. The van der Waals surface area contributed by atoms with Gasteiger partial charge in [-0.2, -0.15) is 0 Å². The van der Waals surface area contributed by atoms with E-state index in [4.69, 9.17) is 27.9 Å². The molecule has 8 heteroatoms. The highest BCUT2D eigenvalue weighted by molar-refractivity contribution is 6.42. The normalized spacial score (nSPS) is 11.8. The Balaban J connectivity index is 1.84. The Morgan fingerprint density at radius 1 is 1.12 bits per heavy atom. The van der Waals surface area contributed by atoms with Gasteiger partial charge in [0, 0.05) is 6.08 Å². The third kappa shape index (κ3) is 5.75. The van der Waals surface area contributed by atoms with Gasteiger partial charge < -0.3 is 4.74 Å². The monoisotopic (exact) mass is 396 g/mol. The van der Waals surface area contributed by atoms with Crippen LogP contribution in [0.2, 0.25) is 10.0 Å². The molecule has 0 radical (unpaired) electrons. The van der Waals surface area contributed by atoms with E-state index < -0.39 is 23.7 Å². The second-order valence-corrected chi connectivity index (χ2v) is 5.99. The predicted molar refractivity (Wildman–Crippen MR) is 98.3 cm³/mol. The van der Waals surface area contributed by atoms with E-state index in [1.54, 1.807) is 24.3 Å². The van der Waals surface area contributed by atoms with Crippen LogP contribution in [0.25, 0.3) is 6.08 Å². The van der Waals surface area contributed by atoms with Crippen molar-refractivity contribution < 1.29 is 18.7 Å². The van der Waals surface area contributed by atoms with Crippen LogP contribution in [0, 0.1) is 5.82 Å². The summed E-state index contributed by atoms with van der Waals surface area (Å²) in [6.45, 7) is 1.43. The molecule has 5 nitrogen and oxygen atoms in total. The van der Waals surface area contributed by atoms with E-state index in [0.29, 0.717) is 15.6 Å². The molecule has 0 spiro atoms. The van der Waals surface area contributed by atoms with Crippen LogP contribution >= 0.6 is 23.2 Å². The van der Waals surface area contributed by atoms with Crippen LogP contribution in [0.4, 0.5) is 4.39 Å². The molecule has 1 atom stereocenters. The lowest BCUT2D eigenvalue weighted by molar-refractivity contribution is -0.131. The van der Waals surface area contributed by atoms with Crippen molar-refractivity contribution in [3.63, 3.8) is 0 Å². The summed E-state index contributed by atoms with van der Waals surface area (Å²) in [5.74, 6) is -1.84. The molecule has 0 aliphatic heterocycles. The maximum absolute atomic E-state index is 13.5. The molecule has 26 heavy (non-hydrogen) atoms. The van der Waals surface area contributed by atoms with Crippen molar-refractivity contribution in [2.75, 3.05) is 0 Å². The highest BCUT2D eigenvalue weighted by atomic mass is 35.5. The minimum absolute atomic E-state index is 0.0546. The molecule has 0 unspecified atom stereocenters. The minimum atomic E-state index is -1.01. The number of para-hydroxylation sites is 1. The van der Waals surface area contributed by atoms with E-state index in [9.17, 15) is 14.0 Å². The number of ether oxygens (including phenoxy) is 1. The molecule has 0 fully saturated rings. The van der Waals surface area contributed by atoms with Crippen LogP contribution in [0.5, 0.6) is 5.75 Å². The molecule has 2 aromatic rings. The topological polar surface area (TPSA) is 67.4 Å². The van der Waals surface area contributed by atoms with Gasteiger partial charge in [0.25, 0.3) is 11.8 Å². The van der Waals surface area contributed by atoms with Gasteiger partial charge in [0.2, 0.25) is 0 Å². The molecule has 136 valence electrons. The molecular weight excluding hydrogens is 382 g/mol. The van der Waals surface area contributed by atoms with Crippen molar-refractivity contribution in [1.29, 1.82) is 0 Å². The summed E-state index contributed by atoms with van der Waals surface area (Å²) < 4.78 is 18.7. The number of nitrogens with one attached hydrogen (secondary N) is 2. The summed E-state index contributed by atoms with van der Waals surface area (Å²) >= 11 is 11.7. The lowest BCUT2D eigenvalue weighted by atomic mass is 10.2. The van der Waals surface area contributed by atoms with Crippen molar-refractivity contribution in [2.24, 2.45) is 0 Å². The number of hydrogen-bond donors (Lipinski definition) is 2. The maximum atomic E-state index is 13.5. The largest absolute Gasteiger partial charge is 0.478 e. The first kappa shape index (κ1) is 19.8. The fourth-order valence-electron chi connectivity index (χ4n) is 1.84. The summed E-state index contributed by atoms with van der Waals surface area (Å²) in [4.78, 5) is 23.6. The minimum Gasteiger partial charge on any atom is -0.478 e. The van der Waals surface area contributed by atoms with Crippen LogP contribution < -0.4 is 15.6 Å². The molecular formula is C18H15Cl2FN2O3. The van der Waals surface area contributed by atoms with Crippen LogP contribution in [-0.2, 0) is 9.59 Å². The van der Waals surface area contributed by atoms with Crippen molar-refractivity contribution in [3.05, 3.63) is 70.0 Å². The van der Waals surface area contributed by atoms with Crippen molar-refractivity contribution in [3.8, 4) is 5.75 Å². The lowest BCUT2D eigenvalue weighted by Crippen LogP contribution is -2.46. The smallest absolute Gasteiger partial charge is 0.279 e. The second-order valence-electron chi connectivity index (χ2n) is 5.18. The number of carbonyl (C=O) groups is 2. The van der Waals surface area contributed by atoms with Crippen LogP contribution in [0.15, 0.2) is 48.5 Å². The summed E-state index contributed by atoms with van der Waals surface area (Å²) in [6.07, 6.45) is 1.71. The zero-order chi connectivity index (χ0) is 19.1. The summed E-state index contributed by atoms with van der Waals surface area (Å²) in [7, 11) is 0. The van der Waals surface area contributed by atoms with E-state index in [1.165, 1.54) is 37.3 Å². The standard InChI is InChI=1S/C18H15Cl2FN2O3/c1-11(26-16-5-3-2-4-15(16)21)18(25)23-22-17(24)9-7-12-6-8-13(19)14(20)10-12/h2-11H,1H3,(H,22,24)(H,23,25)/b9-7+/t11-/m0/s1. The van der Waals surface area contributed by atoms with E-state index in [2.05, 4.69) is 10.9 Å². The fraction of sp³-hybridized carbons (Fsp3) is 0.111. The van der Waals surface area contributed by atoms with Gasteiger partial charge in [-0.3, -0.25) is 20.4 Å². The van der Waals surface area contributed by atoms with Gasteiger partial charge in [0.1, 0.15) is 0 Å². The summed E-state index contributed by atoms with van der Waals surface area (Å²) in [5, 5.41) is 0.769. The van der Waals surface area contributed by atoms with Crippen LogP contribution in [0.1, 0.15) is 12.5 Å². The Morgan fingerprint density at radius 3 is 2.54 bits per heavy atom. The third-order valence-corrected chi connectivity index (χ3v) is 3.93.